The number of hydrogen-bond donors (Lipinski definition) is 0. The van der Waals surface area contributed by atoms with E-state index in [9.17, 15) is 76.7 Å². The van der Waals surface area contributed by atoms with Crippen LogP contribution in [0.15, 0.2) is 287 Å². The second-order valence-electron chi connectivity index (χ2n) is 31.1. The number of aryl methyl sites for hydroxylation is 5. The van der Waals surface area contributed by atoms with Crippen molar-refractivity contribution < 1.29 is 171 Å². The van der Waals surface area contributed by atoms with Gasteiger partial charge >= 0.3 is 96.3 Å². The molecule has 36 heteroatoms. The summed E-state index contributed by atoms with van der Waals surface area (Å²) in [5.74, 6) is -2.22. The molecule has 0 saturated heterocycles. The quantitative estimate of drug-likeness (QED) is 0.00854. The maximum Gasteiger partial charge on any atom is 0.513 e. The van der Waals surface area contributed by atoms with Gasteiger partial charge in [0, 0.05) is 38.2 Å². The number of carbonyl (C=O) groups is 16. The molecule has 10 rings (SSSR count). The molecule has 0 aliphatic rings. The molecule has 0 aliphatic heterocycles. The van der Waals surface area contributed by atoms with Crippen molar-refractivity contribution in [1.29, 1.82) is 0 Å². The number of carbonyl (C=O) groups excluding carboxylic acids is 16. The molecule has 0 N–H and O–H groups in total. The zero-order chi connectivity index (χ0) is 109. The van der Waals surface area contributed by atoms with E-state index < -0.39 is 96.3 Å². The van der Waals surface area contributed by atoms with Crippen molar-refractivity contribution in [3.8, 4) is 57.5 Å². The Morgan fingerprint density at radius 3 is 0.651 bits per heavy atom. The minimum atomic E-state index is -0.858. The average Bonchev–Trinajstić information content (AvgIpc) is 0.854. The van der Waals surface area contributed by atoms with E-state index in [0.29, 0.717) is 143 Å². The Balaban J connectivity index is 0.000000318. The zero-order valence-electron chi connectivity index (χ0n) is 84.0. The van der Waals surface area contributed by atoms with Gasteiger partial charge in [0.2, 0.25) is 0 Å². The molecule has 0 saturated carbocycles. The summed E-state index contributed by atoms with van der Waals surface area (Å²) in [7, 11) is 2.53. The second-order valence-corrected chi connectivity index (χ2v) is 31.1. The van der Waals surface area contributed by atoms with Crippen molar-refractivity contribution in [3.63, 3.8) is 0 Å². The molecule has 0 bridgehead atoms. The van der Waals surface area contributed by atoms with Crippen LogP contribution < -0.4 is 47.4 Å². The highest BCUT2D eigenvalue weighted by molar-refractivity contribution is 5.95. The van der Waals surface area contributed by atoms with Crippen LogP contribution in [0.25, 0.3) is 0 Å². The highest BCUT2D eigenvalue weighted by Gasteiger charge is 2.19. The number of ether oxygens (including phenoxy) is 20. The van der Waals surface area contributed by atoms with Gasteiger partial charge in [0.05, 0.1) is 100 Å². The number of benzene rings is 10. The minimum absolute atomic E-state index is 0.130. The first-order valence-corrected chi connectivity index (χ1v) is 46.4. The maximum atomic E-state index is 12.4. The molecule has 149 heavy (non-hydrogen) atoms. The van der Waals surface area contributed by atoms with E-state index in [1.807, 2.05) is 76.2 Å². The van der Waals surface area contributed by atoms with Crippen LogP contribution in [0.2, 0.25) is 0 Å². The topological polar surface area (TPSA) is 458 Å². The van der Waals surface area contributed by atoms with E-state index in [1.54, 1.807) is 85.8 Å². The second kappa shape index (κ2) is 69.7. The summed E-state index contributed by atoms with van der Waals surface area (Å²) in [4.78, 5) is 182. The van der Waals surface area contributed by atoms with Gasteiger partial charge in [-0.05, 0) is 305 Å². The fourth-order valence-corrected chi connectivity index (χ4v) is 11.4. The summed E-state index contributed by atoms with van der Waals surface area (Å²) in [5.41, 5.74) is 7.07. The van der Waals surface area contributed by atoms with Gasteiger partial charge in [-0.25, -0.2) is 67.1 Å². The lowest BCUT2D eigenvalue weighted by atomic mass is 10.1. The number of esters is 12. The Kier molecular flexibility index (Phi) is 56.8. The summed E-state index contributed by atoms with van der Waals surface area (Å²) in [6, 6.07) is 63.2. The van der Waals surface area contributed by atoms with Gasteiger partial charge in [0.1, 0.15) is 57.5 Å². The van der Waals surface area contributed by atoms with Crippen LogP contribution in [0.4, 0.5) is 19.2 Å². The molecule has 0 spiro atoms. The maximum absolute atomic E-state index is 12.4. The fourth-order valence-electron chi connectivity index (χ4n) is 11.4. The number of unbranched alkanes of at least 4 members (excludes halogenated alkanes) is 8. The SMILES string of the molecule is C=CC(=O)OCCCCCCOC(=O)Oc1ccc(C(=O)OC)cc1.C=CC(=O)OCCCCCCOC(=O)Oc1ccc(C)cc1.C=CC(=O)OCCCCOC(=O)OC.C=CC(=O)OCCCCOC(=O)Oc1ccc(C(=O)Oc2ccc(C)cc2)cc1.CC(=O)Oc1ccc(C(=O)Oc2ccc(OC(=O)c3ccc(C)cc3)cc2)cc1.CC(=O)Oc1ccc(OC(=O)c2ccc(OC(=O)c3ccc(C)cc3)cc2)c(C)c1. The summed E-state index contributed by atoms with van der Waals surface area (Å²) in [5, 5.41) is 0. The van der Waals surface area contributed by atoms with Gasteiger partial charge in [-0.3, -0.25) is 9.59 Å². The van der Waals surface area contributed by atoms with Crippen molar-refractivity contribution in [1.82, 2.24) is 0 Å². The van der Waals surface area contributed by atoms with Crippen LogP contribution in [0.5, 0.6) is 57.5 Å². The van der Waals surface area contributed by atoms with Crippen LogP contribution in [0.3, 0.4) is 0 Å². The molecule has 0 aromatic heterocycles. The highest BCUT2D eigenvalue weighted by Crippen LogP contribution is 2.28. The predicted octanol–water partition coefficient (Wildman–Crippen LogP) is 21.6. The van der Waals surface area contributed by atoms with Crippen LogP contribution in [0, 0.1) is 34.6 Å². The van der Waals surface area contributed by atoms with Crippen molar-refractivity contribution in [2.75, 3.05) is 67.1 Å². The smallest absolute Gasteiger partial charge is 0.465 e. The summed E-state index contributed by atoms with van der Waals surface area (Å²) >= 11 is 0. The molecule has 0 unspecified atom stereocenters. The zero-order valence-corrected chi connectivity index (χ0v) is 84.0. The largest absolute Gasteiger partial charge is 0.513 e. The van der Waals surface area contributed by atoms with E-state index in [2.05, 4.69) is 40.5 Å². The monoisotopic (exact) mass is 2050 g/mol. The Morgan fingerprint density at radius 2 is 0.403 bits per heavy atom. The molecule has 0 aliphatic carbocycles. The van der Waals surface area contributed by atoms with Gasteiger partial charge in [-0.2, -0.15) is 0 Å². The molecule has 10 aromatic carbocycles. The number of methoxy groups -OCH3 is 2. The molecular formula is C113H118O36. The normalized spacial score (nSPS) is 9.91. The van der Waals surface area contributed by atoms with Crippen LogP contribution in [-0.2, 0) is 76.1 Å². The first kappa shape index (κ1) is 121. The molecule has 786 valence electrons. The molecule has 0 amide bonds. The van der Waals surface area contributed by atoms with Crippen LogP contribution in [0.1, 0.15) is 181 Å². The van der Waals surface area contributed by atoms with Gasteiger partial charge in [-0.15, -0.1) is 0 Å². The van der Waals surface area contributed by atoms with Crippen molar-refractivity contribution in [2.24, 2.45) is 0 Å². The lowest BCUT2D eigenvalue weighted by Gasteiger charge is -2.10. The van der Waals surface area contributed by atoms with E-state index in [-0.39, 0.29) is 37.9 Å². The van der Waals surface area contributed by atoms with E-state index in [0.717, 1.165) is 91.5 Å². The van der Waals surface area contributed by atoms with Crippen LogP contribution >= 0.6 is 0 Å². The third-order valence-corrected chi connectivity index (χ3v) is 19.1. The summed E-state index contributed by atoms with van der Waals surface area (Å²) < 4.78 is 99.1. The van der Waals surface area contributed by atoms with Crippen LogP contribution in [-0.4, -0.2) is 163 Å². The van der Waals surface area contributed by atoms with Crippen molar-refractivity contribution in [3.05, 3.63) is 348 Å². The van der Waals surface area contributed by atoms with E-state index in [1.165, 1.54) is 137 Å². The van der Waals surface area contributed by atoms with Crippen molar-refractivity contribution in [2.45, 2.75) is 126 Å². The summed E-state index contributed by atoms with van der Waals surface area (Å²) in [6.07, 6.45) is 10.2. The van der Waals surface area contributed by atoms with E-state index in [4.69, 9.17) is 80.5 Å². The third kappa shape index (κ3) is 52.6. The molecule has 10 aromatic rings. The Labute approximate surface area is 861 Å². The Morgan fingerprint density at radius 1 is 0.208 bits per heavy atom. The fraction of sp³-hybridized carbons (Fsp3) is 0.257. The van der Waals surface area contributed by atoms with Gasteiger partial charge in [-0.1, -0.05) is 97.1 Å². The van der Waals surface area contributed by atoms with Gasteiger partial charge < -0.3 is 94.7 Å². The Hall–Kier alpha value is -18.1. The first-order chi connectivity index (χ1) is 71.6. The first-order valence-electron chi connectivity index (χ1n) is 46.4. The van der Waals surface area contributed by atoms with Crippen molar-refractivity contribution >= 4 is 96.3 Å². The molecule has 0 radical (unpaired) electrons. The molecule has 36 nitrogen and oxygen atoms in total. The average molecular weight is 2050 g/mol. The molecule has 0 atom stereocenters. The third-order valence-electron chi connectivity index (χ3n) is 19.1. The molecule has 0 heterocycles. The number of rotatable bonds is 44. The highest BCUT2D eigenvalue weighted by atomic mass is 16.7. The lowest BCUT2D eigenvalue weighted by molar-refractivity contribution is -0.138. The summed E-state index contributed by atoms with van der Waals surface area (Å²) in [6.45, 7) is 27.5. The molecule has 0 fully saturated rings. The van der Waals surface area contributed by atoms with E-state index >= 15 is 0 Å². The number of hydrogen-bond acceptors (Lipinski definition) is 36. The minimum Gasteiger partial charge on any atom is -0.465 e. The Bertz CT molecular complexity index is 6010. The standard InChI is InChI=1S/C24H20O6.C23H18O6.C22H22O7.C18H22O7.C17H22O5.C9H14O5/c1-15-4-6-18(7-5-15)23(26)29-20-10-8-19(9-11-20)24(27)30-22-13-12-21(14-16(22)2)28-17(3)25;1-15-3-5-17(6-4-15)22(25)28-20-11-13-21(14-12-20)29-23(26)18-7-9-19(10-8-18)27-16(2)24;1-3-20(23)26-14-4-5-15-27-22(25)29-19-12-8-17(9-13-19)21(24)28-18-10-6-16(2)7-11-18;1-3-16(19)23-12-6-4-5-7-13-24-18(21)25-15-10-8-14(9-11-15)17(20)22-2;1-3-16(18)20-12-6-4-5-7-13-21-17(19)22-15-10-8-14(2)9-11-15;1-3-8(10)13-6-4-5-7-14-9(11)12-2/h4-14H,1-3H3;3-14H,1-2H3;3,6-13H,1,4-5,14-15H2,2H3;3,8-11H,1,4-7,12-13H2,2H3;3,8-11H,1,4-7,12-13H2,2H3;3H,1,4-7H2,2H3. The predicted molar refractivity (Wildman–Crippen MR) is 541 cm³/mol. The van der Waals surface area contributed by atoms with Gasteiger partial charge in [0.25, 0.3) is 0 Å². The van der Waals surface area contributed by atoms with Gasteiger partial charge in [0.15, 0.2) is 0 Å². The molecular weight excluding hydrogens is 1930 g/mol. The lowest BCUT2D eigenvalue weighted by Crippen LogP contribution is -2.12.